The van der Waals surface area contributed by atoms with Gasteiger partial charge in [0, 0.05) is 3.57 Å². The van der Waals surface area contributed by atoms with Gasteiger partial charge >= 0.3 is 0 Å². The lowest BCUT2D eigenvalue weighted by atomic mass is 9.89. The van der Waals surface area contributed by atoms with Crippen molar-refractivity contribution < 1.29 is 0 Å². The molecule has 4 rings (SSSR count). The second-order valence-electron chi connectivity index (χ2n) is 5.97. The van der Waals surface area contributed by atoms with E-state index in [-0.39, 0.29) is 0 Å². The number of rotatable bonds is 3. The molecule has 0 radical (unpaired) electrons. The van der Waals surface area contributed by atoms with E-state index in [2.05, 4.69) is 126 Å². The third kappa shape index (κ3) is 3.38. The molecular formula is C24H17I. The fraction of sp³-hybridized carbons (Fsp3) is 0. The van der Waals surface area contributed by atoms with Gasteiger partial charge in [-0.1, -0.05) is 91.0 Å². The molecule has 4 aromatic carbocycles. The Bertz CT molecular complexity index is 1000. The monoisotopic (exact) mass is 432 g/mol. The van der Waals surface area contributed by atoms with Gasteiger partial charge in [0.05, 0.1) is 0 Å². The Morgan fingerprint density at radius 1 is 0.400 bits per heavy atom. The van der Waals surface area contributed by atoms with Crippen molar-refractivity contribution in [2.24, 2.45) is 0 Å². The zero-order valence-corrected chi connectivity index (χ0v) is 15.9. The first kappa shape index (κ1) is 16.1. The van der Waals surface area contributed by atoms with Gasteiger partial charge in [-0.3, -0.25) is 0 Å². The van der Waals surface area contributed by atoms with Gasteiger partial charge in [-0.2, -0.15) is 0 Å². The highest BCUT2D eigenvalue weighted by Crippen LogP contribution is 2.38. The van der Waals surface area contributed by atoms with Crippen LogP contribution in [0.4, 0.5) is 0 Å². The van der Waals surface area contributed by atoms with Crippen molar-refractivity contribution in [2.45, 2.75) is 0 Å². The minimum absolute atomic E-state index is 1.25. The SMILES string of the molecule is Ic1cccc(-c2ccccc2-c2ccccc2-c2ccccc2)c1. The third-order valence-corrected chi connectivity index (χ3v) is 5.04. The Morgan fingerprint density at radius 3 is 1.48 bits per heavy atom. The van der Waals surface area contributed by atoms with Gasteiger partial charge < -0.3 is 0 Å². The Hall–Kier alpha value is -2.39. The first-order valence-corrected chi connectivity index (χ1v) is 9.40. The highest BCUT2D eigenvalue weighted by Gasteiger charge is 2.11. The van der Waals surface area contributed by atoms with E-state index < -0.39 is 0 Å². The maximum Gasteiger partial charge on any atom is 0.0136 e. The van der Waals surface area contributed by atoms with Crippen molar-refractivity contribution in [1.82, 2.24) is 0 Å². The summed E-state index contributed by atoms with van der Waals surface area (Å²) in [7, 11) is 0. The molecular weight excluding hydrogens is 415 g/mol. The molecule has 0 unspecified atom stereocenters. The first-order chi connectivity index (χ1) is 12.3. The summed E-state index contributed by atoms with van der Waals surface area (Å²) in [5.74, 6) is 0. The molecule has 0 spiro atoms. The van der Waals surface area contributed by atoms with Crippen LogP contribution in [-0.4, -0.2) is 0 Å². The van der Waals surface area contributed by atoms with Crippen LogP contribution in [-0.2, 0) is 0 Å². The smallest absolute Gasteiger partial charge is 0.0136 e. The molecule has 1 heteroatoms. The summed E-state index contributed by atoms with van der Waals surface area (Å²) in [5.41, 5.74) is 7.57. The standard InChI is InChI=1S/C24H17I/c25-20-12-8-11-19(17-20)22-14-5-7-16-24(22)23-15-6-4-13-21(23)18-9-2-1-3-10-18/h1-17H. The van der Waals surface area contributed by atoms with Gasteiger partial charge in [-0.15, -0.1) is 0 Å². The molecule has 0 saturated heterocycles. The summed E-state index contributed by atoms with van der Waals surface area (Å²) in [4.78, 5) is 0. The van der Waals surface area contributed by atoms with Crippen LogP contribution >= 0.6 is 22.6 Å². The molecule has 0 atom stereocenters. The van der Waals surface area contributed by atoms with Crippen molar-refractivity contribution in [3.63, 3.8) is 0 Å². The highest BCUT2D eigenvalue weighted by atomic mass is 127. The molecule has 0 aliphatic rings. The van der Waals surface area contributed by atoms with Gasteiger partial charge in [0.15, 0.2) is 0 Å². The molecule has 0 N–H and O–H groups in total. The summed E-state index contributed by atoms with van der Waals surface area (Å²) in [6, 6.07) is 36.6. The van der Waals surface area contributed by atoms with Crippen LogP contribution in [0.15, 0.2) is 103 Å². The van der Waals surface area contributed by atoms with E-state index in [1.54, 1.807) is 0 Å². The van der Waals surface area contributed by atoms with Crippen LogP contribution in [0.3, 0.4) is 0 Å². The van der Waals surface area contributed by atoms with E-state index in [0.29, 0.717) is 0 Å². The number of benzene rings is 4. The van der Waals surface area contributed by atoms with Crippen LogP contribution in [0.1, 0.15) is 0 Å². The molecule has 4 aromatic rings. The summed E-state index contributed by atoms with van der Waals surface area (Å²) in [6.45, 7) is 0. The molecule has 0 aromatic heterocycles. The number of hydrogen-bond acceptors (Lipinski definition) is 0. The normalized spacial score (nSPS) is 10.6. The molecule has 0 aliphatic carbocycles. The average Bonchev–Trinajstić information content (AvgIpc) is 2.69. The molecule has 0 amide bonds. The lowest BCUT2D eigenvalue weighted by molar-refractivity contribution is 1.55. The molecule has 120 valence electrons. The zero-order valence-electron chi connectivity index (χ0n) is 13.7. The van der Waals surface area contributed by atoms with Crippen molar-refractivity contribution in [1.29, 1.82) is 0 Å². The summed E-state index contributed by atoms with van der Waals surface area (Å²) < 4.78 is 1.25. The first-order valence-electron chi connectivity index (χ1n) is 8.33. The minimum Gasteiger partial charge on any atom is -0.0622 e. The Morgan fingerprint density at radius 2 is 0.880 bits per heavy atom. The lowest BCUT2D eigenvalue weighted by Crippen LogP contribution is -1.89. The lowest BCUT2D eigenvalue weighted by Gasteiger charge is -2.15. The Kier molecular flexibility index (Phi) is 4.66. The van der Waals surface area contributed by atoms with Crippen LogP contribution in [0.2, 0.25) is 0 Å². The number of hydrogen-bond donors (Lipinski definition) is 0. The Labute approximate surface area is 162 Å². The molecule has 0 saturated carbocycles. The van der Waals surface area contributed by atoms with E-state index in [1.807, 2.05) is 0 Å². The van der Waals surface area contributed by atoms with Gasteiger partial charge in [-0.05, 0) is 68.1 Å². The third-order valence-electron chi connectivity index (χ3n) is 4.36. The average molecular weight is 432 g/mol. The van der Waals surface area contributed by atoms with E-state index >= 15 is 0 Å². The predicted molar refractivity (Wildman–Crippen MR) is 115 cm³/mol. The van der Waals surface area contributed by atoms with E-state index in [0.717, 1.165) is 0 Å². The largest absolute Gasteiger partial charge is 0.0622 e. The fourth-order valence-corrected chi connectivity index (χ4v) is 3.76. The molecule has 0 heterocycles. The van der Waals surface area contributed by atoms with Crippen LogP contribution < -0.4 is 0 Å². The van der Waals surface area contributed by atoms with E-state index in [4.69, 9.17) is 0 Å². The van der Waals surface area contributed by atoms with Gasteiger partial charge in [-0.25, -0.2) is 0 Å². The van der Waals surface area contributed by atoms with Crippen LogP contribution in [0, 0.1) is 3.57 Å². The highest BCUT2D eigenvalue weighted by molar-refractivity contribution is 14.1. The topological polar surface area (TPSA) is 0 Å². The molecule has 0 bridgehead atoms. The van der Waals surface area contributed by atoms with Crippen molar-refractivity contribution in [3.8, 4) is 33.4 Å². The fourth-order valence-electron chi connectivity index (χ4n) is 3.21. The van der Waals surface area contributed by atoms with Crippen molar-refractivity contribution in [2.75, 3.05) is 0 Å². The van der Waals surface area contributed by atoms with Crippen molar-refractivity contribution in [3.05, 3.63) is 107 Å². The summed E-state index contributed by atoms with van der Waals surface area (Å²) in [5, 5.41) is 0. The van der Waals surface area contributed by atoms with Crippen LogP contribution in [0.25, 0.3) is 33.4 Å². The summed E-state index contributed by atoms with van der Waals surface area (Å²) >= 11 is 2.37. The van der Waals surface area contributed by atoms with Gasteiger partial charge in [0.1, 0.15) is 0 Å². The zero-order chi connectivity index (χ0) is 17.1. The molecule has 0 aliphatic heterocycles. The molecule has 0 nitrogen and oxygen atoms in total. The molecule has 0 fully saturated rings. The van der Waals surface area contributed by atoms with E-state index in [9.17, 15) is 0 Å². The number of halogens is 1. The van der Waals surface area contributed by atoms with Crippen LogP contribution in [0.5, 0.6) is 0 Å². The predicted octanol–water partition coefficient (Wildman–Crippen LogP) is 7.29. The molecule has 25 heavy (non-hydrogen) atoms. The Balaban J connectivity index is 1.93. The second kappa shape index (κ2) is 7.24. The maximum atomic E-state index is 2.37. The summed E-state index contributed by atoms with van der Waals surface area (Å²) in [6.07, 6.45) is 0. The quantitative estimate of drug-likeness (QED) is 0.298. The maximum absolute atomic E-state index is 2.37. The minimum atomic E-state index is 1.25. The second-order valence-corrected chi connectivity index (χ2v) is 7.21. The van der Waals surface area contributed by atoms with Gasteiger partial charge in [0.25, 0.3) is 0 Å². The van der Waals surface area contributed by atoms with E-state index in [1.165, 1.54) is 37.0 Å². The van der Waals surface area contributed by atoms with Crippen molar-refractivity contribution >= 4 is 22.6 Å². The van der Waals surface area contributed by atoms with Gasteiger partial charge in [0.2, 0.25) is 0 Å².